The second-order valence-corrected chi connectivity index (χ2v) is 6.78. The molecule has 2 amide bonds. The Bertz CT molecular complexity index is 808. The van der Waals surface area contributed by atoms with Gasteiger partial charge in [-0.1, -0.05) is 29.8 Å². The fraction of sp³-hybridized carbons (Fsp3) is 0.300. The van der Waals surface area contributed by atoms with Gasteiger partial charge in [-0.15, -0.1) is 0 Å². The van der Waals surface area contributed by atoms with Crippen LogP contribution in [0.4, 0.5) is 10.1 Å². The maximum Gasteiger partial charge on any atom is 0.260 e. The molecule has 0 atom stereocenters. The number of nitrogens with zero attached hydrogens (tertiary/aromatic N) is 1. The summed E-state index contributed by atoms with van der Waals surface area (Å²) in [5, 5.41) is 3.02. The minimum atomic E-state index is -0.463. The Morgan fingerprint density at radius 3 is 2.52 bits per heavy atom. The lowest BCUT2D eigenvalue weighted by atomic mass is 9.95. The molecule has 27 heavy (non-hydrogen) atoms. The predicted octanol–water partition coefficient (Wildman–Crippen LogP) is 3.74. The molecule has 0 unspecified atom stereocenters. The van der Waals surface area contributed by atoms with Gasteiger partial charge in [0.05, 0.1) is 5.02 Å². The molecule has 3 rings (SSSR count). The van der Waals surface area contributed by atoms with Crippen LogP contribution in [-0.2, 0) is 9.59 Å². The molecule has 1 saturated heterocycles. The van der Waals surface area contributed by atoms with Crippen molar-refractivity contribution in [1.29, 1.82) is 0 Å². The summed E-state index contributed by atoms with van der Waals surface area (Å²) >= 11 is 5.88. The fourth-order valence-corrected chi connectivity index (χ4v) is 3.20. The molecule has 0 radical (unpaired) electrons. The van der Waals surface area contributed by atoms with Gasteiger partial charge in [0.15, 0.2) is 6.61 Å². The van der Waals surface area contributed by atoms with Crippen LogP contribution in [-0.4, -0.2) is 36.4 Å². The maximum absolute atomic E-state index is 13.0. The zero-order chi connectivity index (χ0) is 19.2. The number of ether oxygens (including phenoxy) is 1. The molecule has 1 aliphatic heterocycles. The number of nitrogens with one attached hydrogen (secondary N) is 1. The van der Waals surface area contributed by atoms with Crippen LogP contribution in [0.2, 0.25) is 5.02 Å². The Kier molecular flexibility index (Phi) is 6.29. The van der Waals surface area contributed by atoms with Crippen LogP contribution in [0.3, 0.4) is 0 Å². The highest BCUT2D eigenvalue weighted by atomic mass is 35.5. The molecule has 2 aromatic carbocycles. The second-order valence-electron chi connectivity index (χ2n) is 6.37. The van der Waals surface area contributed by atoms with Crippen LogP contribution in [0, 0.1) is 11.7 Å². The molecule has 1 aliphatic rings. The van der Waals surface area contributed by atoms with Crippen molar-refractivity contribution < 1.29 is 18.7 Å². The minimum Gasteiger partial charge on any atom is -0.482 e. The van der Waals surface area contributed by atoms with E-state index in [1.807, 2.05) is 30.3 Å². The SMILES string of the molecule is O=C(Nc1ccccc1)C1CCN(C(=O)COc2ccc(F)cc2Cl)CC1. The number of para-hydroxylation sites is 1. The third-order valence-electron chi connectivity index (χ3n) is 4.50. The number of hydrogen-bond donors (Lipinski definition) is 1. The molecular weight excluding hydrogens is 371 g/mol. The van der Waals surface area contributed by atoms with Gasteiger partial charge >= 0.3 is 0 Å². The van der Waals surface area contributed by atoms with Gasteiger partial charge in [0.25, 0.3) is 5.91 Å². The average Bonchev–Trinajstić information content (AvgIpc) is 2.68. The van der Waals surface area contributed by atoms with Crippen LogP contribution in [0.5, 0.6) is 5.75 Å². The van der Waals surface area contributed by atoms with E-state index in [1.165, 1.54) is 12.1 Å². The zero-order valence-electron chi connectivity index (χ0n) is 14.7. The van der Waals surface area contributed by atoms with E-state index in [4.69, 9.17) is 16.3 Å². The largest absolute Gasteiger partial charge is 0.482 e. The Labute approximate surface area is 162 Å². The van der Waals surface area contributed by atoms with Crippen molar-refractivity contribution in [1.82, 2.24) is 4.90 Å². The van der Waals surface area contributed by atoms with Gasteiger partial charge in [-0.05, 0) is 43.2 Å². The van der Waals surface area contributed by atoms with Crippen molar-refractivity contribution in [2.75, 3.05) is 25.0 Å². The number of rotatable bonds is 5. The number of halogens is 2. The van der Waals surface area contributed by atoms with E-state index in [-0.39, 0.29) is 35.1 Å². The lowest BCUT2D eigenvalue weighted by Crippen LogP contribution is -2.43. The molecule has 0 saturated carbocycles. The highest BCUT2D eigenvalue weighted by Crippen LogP contribution is 2.25. The normalized spacial score (nSPS) is 14.7. The Morgan fingerprint density at radius 2 is 1.85 bits per heavy atom. The van der Waals surface area contributed by atoms with Crippen LogP contribution >= 0.6 is 11.6 Å². The standard InChI is InChI=1S/C20H20ClFN2O3/c21-17-12-15(22)6-7-18(17)27-13-19(25)24-10-8-14(9-11-24)20(26)23-16-4-2-1-3-5-16/h1-7,12,14H,8-11,13H2,(H,23,26). The highest BCUT2D eigenvalue weighted by molar-refractivity contribution is 6.32. The van der Waals surface area contributed by atoms with Crippen LogP contribution in [0.25, 0.3) is 0 Å². The number of carbonyl (C=O) groups excluding carboxylic acids is 2. The predicted molar refractivity (Wildman–Crippen MR) is 101 cm³/mol. The van der Waals surface area contributed by atoms with E-state index in [0.717, 1.165) is 11.8 Å². The lowest BCUT2D eigenvalue weighted by Gasteiger charge is -2.31. The molecule has 1 heterocycles. The summed E-state index contributed by atoms with van der Waals surface area (Å²) in [6.45, 7) is 0.810. The van der Waals surface area contributed by atoms with Gasteiger partial charge < -0.3 is 15.0 Å². The Balaban J connectivity index is 1.45. The van der Waals surface area contributed by atoms with Crippen LogP contribution < -0.4 is 10.1 Å². The number of benzene rings is 2. The van der Waals surface area contributed by atoms with Gasteiger partial charge in [-0.25, -0.2) is 4.39 Å². The van der Waals surface area contributed by atoms with E-state index < -0.39 is 5.82 Å². The van der Waals surface area contributed by atoms with E-state index in [2.05, 4.69) is 5.32 Å². The summed E-state index contributed by atoms with van der Waals surface area (Å²) in [5.74, 6) is -0.528. The maximum atomic E-state index is 13.0. The molecule has 1 fully saturated rings. The quantitative estimate of drug-likeness (QED) is 0.846. The molecule has 1 N–H and O–H groups in total. The molecule has 5 nitrogen and oxygen atoms in total. The van der Waals surface area contributed by atoms with Crippen molar-refractivity contribution >= 4 is 29.1 Å². The summed E-state index contributed by atoms with van der Waals surface area (Å²) in [5.41, 5.74) is 0.769. The van der Waals surface area contributed by atoms with E-state index in [1.54, 1.807) is 4.90 Å². The second kappa shape index (κ2) is 8.86. The van der Waals surface area contributed by atoms with Gasteiger partial charge in [-0.2, -0.15) is 0 Å². The smallest absolute Gasteiger partial charge is 0.260 e. The third kappa shape index (κ3) is 5.20. The Morgan fingerprint density at radius 1 is 1.15 bits per heavy atom. The lowest BCUT2D eigenvalue weighted by molar-refractivity contribution is -0.136. The summed E-state index contributed by atoms with van der Waals surface area (Å²) in [6, 6.07) is 13.1. The fourth-order valence-electron chi connectivity index (χ4n) is 2.98. The van der Waals surface area contributed by atoms with E-state index in [9.17, 15) is 14.0 Å². The molecule has 0 aromatic heterocycles. The molecule has 142 valence electrons. The minimum absolute atomic E-state index is 0.0253. The zero-order valence-corrected chi connectivity index (χ0v) is 15.4. The third-order valence-corrected chi connectivity index (χ3v) is 4.80. The summed E-state index contributed by atoms with van der Waals surface area (Å²) in [6.07, 6.45) is 1.20. The van der Waals surface area contributed by atoms with Gasteiger partial charge in [0.2, 0.25) is 5.91 Å². The van der Waals surface area contributed by atoms with Crippen molar-refractivity contribution in [2.45, 2.75) is 12.8 Å². The number of anilines is 1. The highest BCUT2D eigenvalue weighted by Gasteiger charge is 2.27. The first-order valence-electron chi connectivity index (χ1n) is 8.74. The molecule has 0 spiro atoms. The summed E-state index contributed by atoms with van der Waals surface area (Å²) in [4.78, 5) is 26.3. The molecule has 0 bridgehead atoms. The number of likely N-dealkylation sites (tertiary alicyclic amines) is 1. The monoisotopic (exact) mass is 390 g/mol. The molecule has 7 heteroatoms. The van der Waals surface area contributed by atoms with Crippen molar-refractivity contribution in [3.05, 3.63) is 59.4 Å². The molecular formula is C20H20ClFN2O3. The van der Waals surface area contributed by atoms with E-state index >= 15 is 0 Å². The summed E-state index contributed by atoms with van der Waals surface area (Å²) in [7, 11) is 0. The van der Waals surface area contributed by atoms with Crippen molar-refractivity contribution in [2.24, 2.45) is 5.92 Å². The summed E-state index contributed by atoms with van der Waals surface area (Å²) < 4.78 is 18.4. The van der Waals surface area contributed by atoms with Crippen LogP contribution in [0.15, 0.2) is 48.5 Å². The first kappa shape index (κ1) is 19.2. The number of piperidine rings is 1. The van der Waals surface area contributed by atoms with Gasteiger partial charge in [0, 0.05) is 24.7 Å². The number of carbonyl (C=O) groups is 2. The van der Waals surface area contributed by atoms with Crippen molar-refractivity contribution in [3.63, 3.8) is 0 Å². The van der Waals surface area contributed by atoms with Gasteiger partial charge in [-0.3, -0.25) is 9.59 Å². The number of amides is 2. The van der Waals surface area contributed by atoms with Crippen LogP contribution in [0.1, 0.15) is 12.8 Å². The van der Waals surface area contributed by atoms with Gasteiger partial charge in [0.1, 0.15) is 11.6 Å². The van der Waals surface area contributed by atoms with Crippen molar-refractivity contribution in [3.8, 4) is 5.75 Å². The topological polar surface area (TPSA) is 58.6 Å². The number of hydrogen-bond acceptors (Lipinski definition) is 3. The average molecular weight is 391 g/mol. The molecule has 2 aromatic rings. The van der Waals surface area contributed by atoms with E-state index in [0.29, 0.717) is 25.9 Å². The Hall–Kier alpha value is -2.60. The molecule has 0 aliphatic carbocycles. The first-order valence-corrected chi connectivity index (χ1v) is 9.12. The first-order chi connectivity index (χ1) is 13.0.